The molecule has 0 saturated carbocycles. The first-order chi connectivity index (χ1) is 15.7. The maximum Gasteiger partial charge on any atom is 0.245 e. The number of rotatable bonds is 6. The van der Waals surface area contributed by atoms with Crippen molar-refractivity contribution >= 4 is 28.6 Å². The Hall–Kier alpha value is -3.78. The van der Waals surface area contributed by atoms with Gasteiger partial charge in [-0.2, -0.15) is 0 Å². The van der Waals surface area contributed by atoms with Gasteiger partial charge in [0.25, 0.3) is 0 Å². The Balaban J connectivity index is 1.18. The highest BCUT2D eigenvalue weighted by atomic mass is 16.2. The van der Waals surface area contributed by atoms with Crippen molar-refractivity contribution in [3.63, 3.8) is 0 Å². The van der Waals surface area contributed by atoms with Crippen LogP contribution in [0.25, 0.3) is 11.0 Å². The molecular formula is C24H25N7O. The van der Waals surface area contributed by atoms with Crippen LogP contribution in [0, 0.1) is 0 Å². The van der Waals surface area contributed by atoms with E-state index < -0.39 is 0 Å². The molecule has 1 N–H and O–H groups in total. The first-order valence-corrected chi connectivity index (χ1v) is 10.8. The molecule has 1 saturated heterocycles. The Morgan fingerprint density at radius 1 is 0.906 bits per heavy atom. The Labute approximate surface area is 186 Å². The molecule has 2 aromatic heterocycles. The minimum Gasteiger partial charge on any atom is -0.354 e. The molecule has 1 amide bonds. The average Bonchev–Trinajstić information content (AvgIpc) is 3.23. The van der Waals surface area contributed by atoms with Crippen molar-refractivity contribution in [2.45, 2.75) is 13.1 Å². The van der Waals surface area contributed by atoms with Gasteiger partial charge < -0.3 is 14.8 Å². The molecule has 32 heavy (non-hydrogen) atoms. The van der Waals surface area contributed by atoms with E-state index in [1.165, 1.54) is 11.9 Å². The lowest BCUT2D eigenvalue weighted by Gasteiger charge is -2.35. The van der Waals surface area contributed by atoms with Gasteiger partial charge in [0.05, 0.1) is 17.4 Å². The van der Waals surface area contributed by atoms with Gasteiger partial charge in [-0.1, -0.05) is 42.5 Å². The molecule has 1 aliphatic rings. The van der Waals surface area contributed by atoms with Crippen molar-refractivity contribution in [1.29, 1.82) is 0 Å². The summed E-state index contributed by atoms with van der Waals surface area (Å²) in [5.74, 6) is 1.20. The van der Waals surface area contributed by atoms with Gasteiger partial charge in [0.15, 0.2) is 0 Å². The SMILES string of the molecule is O=C(Cn1cnc2ccccc21)Nc1cc(N2CCN(Cc3ccccc3)CC2)ncn1. The molecule has 3 heterocycles. The second kappa shape index (κ2) is 9.15. The van der Waals surface area contributed by atoms with Crippen LogP contribution >= 0.6 is 0 Å². The summed E-state index contributed by atoms with van der Waals surface area (Å²) in [7, 11) is 0. The van der Waals surface area contributed by atoms with Gasteiger partial charge in [-0.3, -0.25) is 9.69 Å². The molecule has 5 rings (SSSR count). The molecular weight excluding hydrogens is 402 g/mol. The number of para-hydroxylation sites is 2. The lowest BCUT2D eigenvalue weighted by atomic mass is 10.2. The predicted molar refractivity (Wildman–Crippen MR) is 124 cm³/mol. The summed E-state index contributed by atoms with van der Waals surface area (Å²) in [5, 5.41) is 2.89. The summed E-state index contributed by atoms with van der Waals surface area (Å²) in [4.78, 5) is 30.3. The molecule has 0 atom stereocenters. The number of benzene rings is 2. The third-order valence-corrected chi connectivity index (χ3v) is 5.71. The zero-order chi connectivity index (χ0) is 21.8. The molecule has 4 aromatic rings. The Bertz CT molecular complexity index is 1200. The number of nitrogens with zero attached hydrogens (tertiary/aromatic N) is 6. The summed E-state index contributed by atoms with van der Waals surface area (Å²) < 4.78 is 1.83. The molecule has 1 fully saturated rings. The molecule has 0 spiro atoms. The van der Waals surface area contributed by atoms with Crippen LogP contribution < -0.4 is 10.2 Å². The smallest absolute Gasteiger partial charge is 0.245 e. The minimum absolute atomic E-state index is 0.148. The van der Waals surface area contributed by atoms with Gasteiger partial charge in [-0.05, 0) is 17.7 Å². The van der Waals surface area contributed by atoms with Crippen molar-refractivity contribution in [2.24, 2.45) is 0 Å². The highest BCUT2D eigenvalue weighted by molar-refractivity contribution is 5.91. The number of aromatic nitrogens is 4. The minimum atomic E-state index is -0.148. The van der Waals surface area contributed by atoms with Crippen molar-refractivity contribution in [2.75, 3.05) is 36.4 Å². The van der Waals surface area contributed by atoms with Crippen LogP contribution in [0.5, 0.6) is 0 Å². The second-order valence-electron chi connectivity index (χ2n) is 7.92. The molecule has 0 aliphatic carbocycles. The first-order valence-electron chi connectivity index (χ1n) is 10.8. The topological polar surface area (TPSA) is 79.2 Å². The molecule has 1 aliphatic heterocycles. The zero-order valence-electron chi connectivity index (χ0n) is 17.8. The van der Waals surface area contributed by atoms with E-state index in [-0.39, 0.29) is 12.5 Å². The molecule has 0 unspecified atom stereocenters. The van der Waals surface area contributed by atoms with Crippen molar-refractivity contribution < 1.29 is 4.79 Å². The first kappa shape index (κ1) is 20.1. The third-order valence-electron chi connectivity index (χ3n) is 5.71. The second-order valence-corrected chi connectivity index (χ2v) is 7.92. The standard InChI is InChI=1S/C24H25N7O/c32-24(16-31-18-27-20-8-4-5-9-21(20)31)28-22-14-23(26-17-25-22)30-12-10-29(11-13-30)15-19-6-2-1-3-7-19/h1-9,14,17-18H,10-13,15-16H2,(H,25,26,28,32). The summed E-state index contributed by atoms with van der Waals surface area (Å²) in [6, 6.07) is 20.1. The fourth-order valence-corrected chi connectivity index (χ4v) is 4.04. The van der Waals surface area contributed by atoms with E-state index in [2.05, 4.69) is 54.3 Å². The normalized spacial score (nSPS) is 14.6. The number of nitrogens with one attached hydrogen (secondary N) is 1. The number of fused-ring (bicyclic) bond motifs is 1. The highest BCUT2D eigenvalue weighted by Crippen LogP contribution is 2.18. The quantitative estimate of drug-likeness (QED) is 0.510. The Morgan fingerprint density at radius 3 is 2.53 bits per heavy atom. The summed E-state index contributed by atoms with van der Waals surface area (Å²) in [6.07, 6.45) is 3.19. The van der Waals surface area contributed by atoms with Crippen LogP contribution in [0.15, 0.2) is 73.3 Å². The number of carbonyl (C=O) groups excluding carboxylic acids is 1. The lowest BCUT2D eigenvalue weighted by molar-refractivity contribution is -0.116. The Morgan fingerprint density at radius 2 is 1.69 bits per heavy atom. The van der Waals surface area contributed by atoms with E-state index in [1.807, 2.05) is 41.0 Å². The van der Waals surface area contributed by atoms with Gasteiger partial charge in [-0.15, -0.1) is 0 Å². The van der Waals surface area contributed by atoms with E-state index >= 15 is 0 Å². The van der Waals surface area contributed by atoms with Gasteiger partial charge in [-0.25, -0.2) is 15.0 Å². The van der Waals surface area contributed by atoms with E-state index in [0.29, 0.717) is 5.82 Å². The average molecular weight is 428 g/mol. The lowest BCUT2D eigenvalue weighted by Crippen LogP contribution is -2.46. The summed E-state index contributed by atoms with van der Waals surface area (Å²) in [5.41, 5.74) is 3.13. The number of piperazine rings is 1. The predicted octanol–water partition coefficient (Wildman–Crippen LogP) is 2.79. The Kier molecular flexibility index (Phi) is 5.76. The van der Waals surface area contributed by atoms with E-state index in [4.69, 9.17) is 0 Å². The maximum atomic E-state index is 12.6. The van der Waals surface area contributed by atoms with E-state index in [0.717, 1.165) is 49.6 Å². The van der Waals surface area contributed by atoms with Crippen molar-refractivity contribution in [3.05, 3.63) is 78.9 Å². The number of hydrogen-bond donors (Lipinski definition) is 1. The van der Waals surface area contributed by atoms with Crippen LogP contribution in [-0.4, -0.2) is 56.5 Å². The number of imidazole rings is 1. The highest BCUT2D eigenvalue weighted by Gasteiger charge is 2.19. The van der Waals surface area contributed by atoms with Crippen LogP contribution in [0.4, 0.5) is 11.6 Å². The third kappa shape index (κ3) is 4.60. The number of carbonyl (C=O) groups is 1. The molecule has 0 bridgehead atoms. The van der Waals surface area contributed by atoms with Crippen LogP contribution in [0.2, 0.25) is 0 Å². The monoisotopic (exact) mass is 427 g/mol. The van der Waals surface area contributed by atoms with Gasteiger partial charge in [0, 0.05) is 38.8 Å². The van der Waals surface area contributed by atoms with E-state index in [9.17, 15) is 4.79 Å². The van der Waals surface area contributed by atoms with Gasteiger partial charge in [0.2, 0.25) is 5.91 Å². The van der Waals surface area contributed by atoms with Crippen molar-refractivity contribution in [3.8, 4) is 0 Å². The maximum absolute atomic E-state index is 12.6. The summed E-state index contributed by atoms with van der Waals surface area (Å²) >= 11 is 0. The van der Waals surface area contributed by atoms with Crippen LogP contribution in [0.3, 0.4) is 0 Å². The van der Waals surface area contributed by atoms with E-state index in [1.54, 1.807) is 6.33 Å². The fraction of sp³-hybridized carbons (Fsp3) is 0.250. The van der Waals surface area contributed by atoms with Crippen LogP contribution in [-0.2, 0) is 17.9 Å². The molecule has 0 radical (unpaired) electrons. The summed E-state index contributed by atoms with van der Waals surface area (Å²) in [6.45, 7) is 4.85. The largest absolute Gasteiger partial charge is 0.354 e. The zero-order valence-corrected chi connectivity index (χ0v) is 17.8. The molecule has 2 aromatic carbocycles. The number of anilines is 2. The molecule has 8 heteroatoms. The van der Waals surface area contributed by atoms with Gasteiger partial charge >= 0.3 is 0 Å². The number of hydrogen-bond acceptors (Lipinski definition) is 6. The van der Waals surface area contributed by atoms with Crippen molar-refractivity contribution in [1.82, 2.24) is 24.4 Å². The van der Waals surface area contributed by atoms with Gasteiger partial charge in [0.1, 0.15) is 24.5 Å². The number of amides is 1. The molecule has 8 nitrogen and oxygen atoms in total. The van der Waals surface area contributed by atoms with Crippen LogP contribution in [0.1, 0.15) is 5.56 Å². The molecule has 162 valence electrons. The fourth-order valence-electron chi connectivity index (χ4n) is 4.04.